The van der Waals surface area contributed by atoms with E-state index in [4.69, 9.17) is 15.0 Å². The zero-order valence-corrected chi connectivity index (χ0v) is 23.7. The summed E-state index contributed by atoms with van der Waals surface area (Å²) in [5, 5.41) is 5.89. The zero-order valence-electron chi connectivity index (χ0n) is 23.7. The number of rotatable bonds is 4. The Hall–Kier alpha value is -6.07. The maximum absolute atomic E-state index is 5.16. The van der Waals surface area contributed by atoms with E-state index in [-0.39, 0.29) is 0 Å². The molecule has 0 bridgehead atoms. The first-order valence-electron chi connectivity index (χ1n) is 14.7. The van der Waals surface area contributed by atoms with Crippen molar-refractivity contribution in [3.63, 3.8) is 0 Å². The van der Waals surface area contributed by atoms with Crippen LogP contribution in [0.1, 0.15) is 0 Å². The fourth-order valence-electron chi connectivity index (χ4n) is 6.41. The van der Waals surface area contributed by atoms with Gasteiger partial charge < -0.3 is 4.57 Å². The summed E-state index contributed by atoms with van der Waals surface area (Å²) in [7, 11) is 0. The Bertz CT molecular complexity index is 2420. The van der Waals surface area contributed by atoms with Crippen LogP contribution in [0, 0.1) is 0 Å². The van der Waals surface area contributed by atoms with Crippen LogP contribution in [0.3, 0.4) is 0 Å². The molecule has 0 unspecified atom stereocenters. The van der Waals surface area contributed by atoms with E-state index < -0.39 is 0 Å². The topological polar surface area (TPSA) is 48.5 Å². The molecule has 9 rings (SSSR count). The molecule has 3 heterocycles. The molecule has 5 heteroatoms. The molecule has 0 spiro atoms. The van der Waals surface area contributed by atoms with Gasteiger partial charge in [-0.15, -0.1) is 0 Å². The fourth-order valence-corrected chi connectivity index (χ4v) is 6.41. The van der Waals surface area contributed by atoms with Crippen molar-refractivity contribution >= 4 is 43.5 Å². The van der Waals surface area contributed by atoms with Crippen LogP contribution in [-0.4, -0.2) is 24.1 Å². The van der Waals surface area contributed by atoms with E-state index in [1.165, 1.54) is 16.2 Å². The molecule has 0 aliphatic heterocycles. The van der Waals surface area contributed by atoms with Gasteiger partial charge in [0.05, 0.1) is 16.6 Å². The lowest BCUT2D eigenvalue weighted by atomic mass is 10.0. The van der Waals surface area contributed by atoms with Crippen LogP contribution in [0.2, 0.25) is 0 Å². The Morgan fingerprint density at radius 2 is 1.05 bits per heavy atom. The molecule has 0 N–H and O–H groups in total. The molecule has 6 aromatic carbocycles. The van der Waals surface area contributed by atoms with E-state index in [0.29, 0.717) is 17.6 Å². The minimum absolute atomic E-state index is 0.591. The normalized spacial score (nSPS) is 11.6. The Labute approximate surface area is 253 Å². The number of hydrogen-bond donors (Lipinski definition) is 0. The van der Waals surface area contributed by atoms with Gasteiger partial charge in [0.15, 0.2) is 11.6 Å². The van der Waals surface area contributed by atoms with Crippen LogP contribution in [0.5, 0.6) is 0 Å². The Kier molecular flexibility index (Phi) is 5.43. The number of benzene rings is 6. The first kappa shape index (κ1) is 24.5. The SMILES string of the molecule is c1ccc(-c2nc(-c3ccccc3)nc(-n3c4ccc5ccccc5c4c4ccc5c(ccn5-c5ccccc5)c43)n2)cc1. The van der Waals surface area contributed by atoms with E-state index in [0.717, 1.165) is 44.1 Å². The van der Waals surface area contributed by atoms with Gasteiger partial charge in [0.1, 0.15) is 0 Å². The van der Waals surface area contributed by atoms with E-state index in [1.54, 1.807) is 0 Å². The molecule has 9 aromatic rings. The van der Waals surface area contributed by atoms with Gasteiger partial charge in [0.25, 0.3) is 0 Å². The molecular weight excluding hydrogens is 538 g/mol. The second-order valence-electron chi connectivity index (χ2n) is 10.9. The minimum Gasteiger partial charge on any atom is -0.316 e. The third kappa shape index (κ3) is 3.76. The van der Waals surface area contributed by atoms with Crippen molar-refractivity contribution < 1.29 is 0 Å². The Morgan fingerprint density at radius 3 is 1.75 bits per heavy atom. The molecule has 0 atom stereocenters. The summed E-state index contributed by atoms with van der Waals surface area (Å²) in [4.78, 5) is 15.3. The lowest BCUT2D eigenvalue weighted by molar-refractivity contribution is 0.955. The maximum atomic E-state index is 5.16. The van der Waals surface area contributed by atoms with Gasteiger partial charge in [-0.1, -0.05) is 115 Å². The standard InChI is InChI=1S/C39H25N5/c1-4-13-27(14-5-1)37-40-38(28-15-6-2-7-16-28)42-39(41-37)44-34-22-20-26-12-10-11-19-30(26)35(34)32-21-23-33-31(36(32)44)24-25-43(33)29-17-8-3-9-18-29/h1-25H. The molecule has 206 valence electrons. The van der Waals surface area contributed by atoms with E-state index in [2.05, 4.69) is 94.2 Å². The number of fused-ring (bicyclic) bond motifs is 7. The number of aromatic nitrogens is 5. The third-order valence-corrected chi connectivity index (χ3v) is 8.41. The van der Waals surface area contributed by atoms with Gasteiger partial charge in [0.2, 0.25) is 5.95 Å². The second kappa shape index (κ2) is 9.75. The van der Waals surface area contributed by atoms with Gasteiger partial charge in [-0.2, -0.15) is 9.97 Å². The predicted molar refractivity (Wildman–Crippen MR) is 179 cm³/mol. The molecule has 44 heavy (non-hydrogen) atoms. The fraction of sp³-hybridized carbons (Fsp3) is 0. The quantitative estimate of drug-likeness (QED) is 0.214. The van der Waals surface area contributed by atoms with Gasteiger partial charge in [0, 0.05) is 39.2 Å². The molecule has 0 radical (unpaired) electrons. The summed E-state index contributed by atoms with van der Waals surface area (Å²) in [6.45, 7) is 0. The Morgan fingerprint density at radius 1 is 0.432 bits per heavy atom. The average Bonchev–Trinajstić information content (AvgIpc) is 3.69. The largest absolute Gasteiger partial charge is 0.316 e. The van der Waals surface area contributed by atoms with Crippen LogP contribution < -0.4 is 0 Å². The number of para-hydroxylation sites is 1. The Balaban J connectivity index is 1.43. The smallest absolute Gasteiger partial charge is 0.238 e. The van der Waals surface area contributed by atoms with E-state index in [9.17, 15) is 0 Å². The van der Waals surface area contributed by atoms with Gasteiger partial charge in [-0.25, -0.2) is 4.98 Å². The average molecular weight is 564 g/mol. The molecule has 0 aliphatic rings. The second-order valence-corrected chi connectivity index (χ2v) is 10.9. The lowest BCUT2D eigenvalue weighted by Crippen LogP contribution is -2.06. The van der Waals surface area contributed by atoms with Crippen molar-refractivity contribution in [3.05, 3.63) is 152 Å². The highest BCUT2D eigenvalue weighted by molar-refractivity contribution is 6.25. The first-order valence-corrected chi connectivity index (χ1v) is 14.7. The molecule has 0 aliphatic carbocycles. The van der Waals surface area contributed by atoms with Crippen LogP contribution in [-0.2, 0) is 0 Å². The molecule has 5 nitrogen and oxygen atoms in total. The highest BCUT2D eigenvalue weighted by Gasteiger charge is 2.21. The van der Waals surface area contributed by atoms with Gasteiger partial charge >= 0.3 is 0 Å². The zero-order chi connectivity index (χ0) is 29.0. The highest BCUT2D eigenvalue weighted by atomic mass is 15.2. The van der Waals surface area contributed by atoms with Crippen LogP contribution in [0.4, 0.5) is 0 Å². The van der Waals surface area contributed by atoms with Crippen molar-refractivity contribution in [3.8, 4) is 34.4 Å². The molecule has 0 amide bonds. The molecule has 3 aromatic heterocycles. The van der Waals surface area contributed by atoms with Crippen LogP contribution in [0.25, 0.3) is 77.9 Å². The van der Waals surface area contributed by atoms with Crippen molar-refractivity contribution in [1.82, 2.24) is 24.1 Å². The minimum atomic E-state index is 0.591. The number of nitrogens with zero attached hydrogens (tertiary/aromatic N) is 5. The molecule has 0 fully saturated rings. The summed E-state index contributed by atoms with van der Waals surface area (Å²) in [6.07, 6.45) is 2.15. The summed E-state index contributed by atoms with van der Waals surface area (Å²) in [5.74, 6) is 1.87. The highest BCUT2D eigenvalue weighted by Crippen LogP contribution is 2.40. The van der Waals surface area contributed by atoms with Gasteiger partial charge in [-0.05, 0) is 41.1 Å². The summed E-state index contributed by atoms with van der Waals surface area (Å²) < 4.78 is 4.47. The number of hydrogen-bond acceptors (Lipinski definition) is 3. The monoisotopic (exact) mass is 563 g/mol. The summed E-state index contributed by atoms with van der Waals surface area (Å²) in [5.41, 5.74) is 6.26. The third-order valence-electron chi connectivity index (χ3n) is 8.41. The molecule has 0 saturated carbocycles. The maximum Gasteiger partial charge on any atom is 0.238 e. The lowest BCUT2D eigenvalue weighted by Gasteiger charge is -2.12. The van der Waals surface area contributed by atoms with E-state index in [1.807, 2.05) is 66.7 Å². The van der Waals surface area contributed by atoms with Crippen molar-refractivity contribution in [2.24, 2.45) is 0 Å². The van der Waals surface area contributed by atoms with Crippen LogP contribution >= 0.6 is 0 Å². The van der Waals surface area contributed by atoms with Gasteiger partial charge in [-0.3, -0.25) is 4.57 Å². The molecule has 0 saturated heterocycles. The van der Waals surface area contributed by atoms with Crippen LogP contribution in [0.15, 0.2) is 152 Å². The predicted octanol–water partition coefficient (Wildman–Crippen LogP) is 9.40. The van der Waals surface area contributed by atoms with E-state index >= 15 is 0 Å². The summed E-state index contributed by atoms with van der Waals surface area (Å²) in [6, 6.07) is 50.4. The molecular formula is C39H25N5. The van der Waals surface area contributed by atoms with Crippen molar-refractivity contribution in [2.75, 3.05) is 0 Å². The van der Waals surface area contributed by atoms with Crippen molar-refractivity contribution in [1.29, 1.82) is 0 Å². The summed E-state index contributed by atoms with van der Waals surface area (Å²) >= 11 is 0. The first-order chi connectivity index (χ1) is 21.8. The van der Waals surface area contributed by atoms with Crippen molar-refractivity contribution in [2.45, 2.75) is 0 Å².